The number of methoxy groups -OCH3 is 1. The number of hydrogen-bond acceptors (Lipinski definition) is 4. The summed E-state index contributed by atoms with van der Waals surface area (Å²) in [6.07, 6.45) is 0.728. The maximum absolute atomic E-state index is 14.1. The fourth-order valence-corrected chi connectivity index (χ4v) is 2.07. The van der Waals surface area contributed by atoms with Crippen LogP contribution in [-0.2, 0) is 4.74 Å². The van der Waals surface area contributed by atoms with Gasteiger partial charge in [0.05, 0.1) is 18.4 Å². The predicted molar refractivity (Wildman–Crippen MR) is 86.0 cm³/mol. The Labute approximate surface area is 134 Å². The molecule has 1 heterocycles. The molecule has 2 rings (SSSR count). The van der Waals surface area contributed by atoms with Gasteiger partial charge in [0, 0.05) is 11.8 Å². The molecule has 0 unspecified atom stereocenters. The van der Waals surface area contributed by atoms with Crippen molar-refractivity contribution >= 4 is 11.8 Å². The number of nitrogens with one attached hydrogen (secondary N) is 1. The van der Waals surface area contributed by atoms with Gasteiger partial charge in [-0.25, -0.2) is 9.78 Å². The number of carbonyl (C=O) groups excluding carboxylic acids is 1. The van der Waals surface area contributed by atoms with Gasteiger partial charge < -0.3 is 9.47 Å². The fraction of sp³-hybridized carbons (Fsp3) is 0.294. The van der Waals surface area contributed by atoms with Crippen molar-refractivity contribution in [2.45, 2.75) is 26.4 Å². The number of hydrogen-bond donors (Lipinski definition) is 1. The Morgan fingerprint density at radius 3 is 2.57 bits per heavy atom. The summed E-state index contributed by atoms with van der Waals surface area (Å²) in [5.41, 5.74) is 0.385. The molecule has 0 aliphatic heterocycles. The lowest BCUT2D eigenvalue weighted by Crippen LogP contribution is -2.27. The van der Waals surface area contributed by atoms with Crippen LogP contribution in [0, 0.1) is 5.95 Å². The van der Waals surface area contributed by atoms with Gasteiger partial charge in [-0.15, -0.1) is 0 Å². The highest BCUT2D eigenvalue weighted by Crippen LogP contribution is 2.37. The number of ether oxygens (including phenoxy) is 2. The molecule has 1 aromatic carbocycles. The summed E-state index contributed by atoms with van der Waals surface area (Å²) in [6.45, 7) is 5.29. The first-order chi connectivity index (χ1) is 10.8. The number of amides is 1. The lowest BCUT2D eigenvalue weighted by molar-refractivity contribution is 0.0636. The fourth-order valence-electron chi connectivity index (χ4n) is 2.07. The van der Waals surface area contributed by atoms with E-state index in [-0.39, 0.29) is 5.56 Å². The summed E-state index contributed by atoms with van der Waals surface area (Å²) in [5.74, 6) is -0.227. The topological polar surface area (TPSA) is 60.5 Å². The number of anilines is 1. The minimum Gasteiger partial charge on any atom is -0.496 e. The predicted octanol–water partition coefficient (Wildman–Crippen LogP) is 4.24. The third-order valence-electron chi connectivity index (χ3n) is 2.91. The maximum atomic E-state index is 14.1. The maximum Gasteiger partial charge on any atom is 0.412 e. The molecule has 0 atom stereocenters. The molecule has 122 valence electrons. The van der Waals surface area contributed by atoms with Crippen molar-refractivity contribution < 1.29 is 18.7 Å². The van der Waals surface area contributed by atoms with Gasteiger partial charge in [-0.05, 0) is 45.0 Å². The molecule has 2 aromatic rings. The summed E-state index contributed by atoms with van der Waals surface area (Å²) >= 11 is 0. The Balaban J connectivity index is 2.45. The number of nitrogens with zero attached hydrogens (tertiary/aromatic N) is 1. The van der Waals surface area contributed by atoms with Gasteiger partial charge in [-0.1, -0.05) is 6.07 Å². The first-order valence-corrected chi connectivity index (χ1v) is 7.09. The molecule has 0 radical (unpaired) electrons. The van der Waals surface area contributed by atoms with Gasteiger partial charge in [-0.3, -0.25) is 5.32 Å². The lowest BCUT2D eigenvalue weighted by atomic mass is 10.0. The second kappa shape index (κ2) is 6.64. The zero-order valence-electron chi connectivity index (χ0n) is 13.5. The van der Waals surface area contributed by atoms with Gasteiger partial charge in [-0.2, -0.15) is 4.39 Å². The molecule has 1 N–H and O–H groups in total. The molecule has 0 aliphatic rings. The third-order valence-corrected chi connectivity index (χ3v) is 2.91. The molecular weight excluding hydrogens is 299 g/mol. The molecular formula is C17H19FN2O3. The zero-order valence-corrected chi connectivity index (χ0v) is 13.5. The summed E-state index contributed by atoms with van der Waals surface area (Å²) in [5, 5.41) is 2.63. The van der Waals surface area contributed by atoms with Crippen LogP contribution in [0.2, 0.25) is 0 Å². The molecule has 1 amide bonds. The van der Waals surface area contributed by atoms with Crippen LogP contribution < -0.4 is 10.1 Å². The molecule has 5 nitrogen and oxygen atoms in total. The quantitative estimate of drug-likeness (QED) is 0.860. The second-order valence-corrected chi connectivity index (χ2v) is 5.85. The van der Waals surface area contributed by atoms with Crippen LogP contribution in [0.4, 0.5) is 14.9 Å². The minimum atomic E-state index is -0.649. The highest BCUT2D eigenvalue weighted by Gasteiger charge is 2.20. The van der Waals surface area contributed by atoms with E-state index >= 15 is 0 Å². The first-order valence-electron chi connectivity index (χ1n) is 7.09. The van der Waals surface area contributed by atoms with Gasteiger partial charge in [0.15, 0.2) is 0 Å². The number of halogens is 1. The van der Waals surface area contributed by atoms with Crippen LogP contribution >= 0.6 is 0 Å². The van der Waals surface area contributed by atoms with E-state index in [0.29, 0.717) is 17.0 Å². The van der Waals surface area contributed by atoms with E-state index in [0.717, 1.165) is 0 Å². The van der Waals surface area contributed by atoms with Crippen LogP contribution in [0.25, 0.3) is 11.1 Å². The standard InChI is InChI=1S/C17H19FN2O3/c1-17(2,3)23-16(21)20-12-8-5-9-13(22-4)14(12)11-7-6-10-19-15(11)18/h5-10H,1-4H3,(H,20,21). The van der Waals surface area contributed by atoms with Crippen molar-refractivity contribution in [2.75, 3.05) is 12.4 Å². The van der Waals surface area contributed by atoms with Gasteiger partial charge in [0.25, 0.3) is 0 Å². The molecule has 6 heteroatoms. The smallest absolute Gasteiger partial charge is 0.412 e. The molecule has 1 aromatic heterocycles. The van der Waals surface area contributed by atoms with Crippen LogP contribution in [0.15, 0.2) is 36.5 Å². The highest BCUT2D eigenvalue weighted by molar-refractivity contribution is 5.93. The van der Waals surface area contributed by atoms with E-state index in [1.165, 1.54) is 13.3 Å². The SMILES string of the molecule is COc1cccc(NC(=O)OC(C)(C)C)c1-c1cccnc1F. The minimum absolute atomic E-state index is 0.232. The number of aromatic nitrogens is 1. The summed E-state index contributed by atoms with van der Waals surface area (Å²) in [4.78, 5) is 15.7. The molecule has 0 saturated carbocycles. The van der Waals surface area contributed by atoms with E-state index in [9.17, 15) is 9.18 Å². The van der Waals surface area contributed by atoms with E-state index in [4.69, 9.17) is 9.47 Å². The Morgan fingerprint density at radius 2 is 1.96 bits per heavy atom. The van der Waals surface area contributed by atoms with Crippen LogP contribution in [0.1, 0.15) is 20.8 Å². The zero-order chi connectivity index (χ0) is 17.0. The van der Waals surface area contributed by atoms with Crippen molar-refractivity contribution in [3.63, 3.8) is 0 Å². The van der Waals surface area contributed by atoms with Crippen LogP contribution in [0.5, 0.6) is 5.75 Å². The Hall–Kier alpha value is -2.63. The number of benzene rings is 1. The van der Waals surface area contributed by atoms with Crippen molar-refractivity contribution in [3.8, 4) is 16.9 Å². The van der Waals surface area contributed by atoms with E-state index in [1.807, 2.05) is 0 Å². The van der Waals surface area contributed by atoms with Crippen molar-refractivity contribution in [1.29, 1.82) is 0 Å². The van der Waals surface area contributed by atoms with E-state index in [1.54, 1.807) is 51.1 Å². The monoisotopic (exact) mass is 318 g/mol. The Kier molecular flexibility index (Phi) is 4.83. The van der Waals surface area contributed by atoms with Gasteiger partial charge in [0.2, 0.25) is 5.95 Å². The van der Waals surface area contributed by atoms with Gasteiger partial charge in [0.1, 0.15) is 11.4 Å². The highest BCUT2D eigenvalue weighted by atomic mass is 19.1. The van der Waals surface area contributed by atoms with Crippen LogP contribution in [-0.4, -0.2) is 23.8 Å². The Bertz CT molecular complexity index is 711. The summed E-state index contributed by atoms with van der Waals surface area (Å²) < 4.78 is 24.6. The van der Waals surface area contributed by atoms with E-state index < -0.39 is 17.6 Å². The van der Waals surface area contributed by atoms with Crippen molar-refractivity contribution in [2.24, 2.45) is 0 Å². The number of pyridine rings is 1. The average molecular weight is 318 g/mol. The normalized spacial score (nSPS) is 11.0. The molecule has 23 heavy (non-hydrogen) atoms. The van der Waals surface area contributed by atoms with Crippen LogP contribution in [0.3, 0.4) is 0 Å². The first kappa shape index (κ1) is 16.7. The third kappa shape index (κ3) is 4.18. The number of carbonyl (C=O) groups is 1. The molecule has 0 aliphatic carbocycles. The van der Waals surface area contributed by atoms with Crippen molar-refractivity contribution in [3.05, 3.63) is 42.5 Å². The van der Waals surface area contributed by atoms with Gasteiger partial charge >= 0.3 is 6.09 Å². The summed E-state index contributed by atoms with van der Waals surface area (Å²) in [7, 11) is 1.48. The van der Waals surface area contributed by atoms with E-state index in [2.05, 4.69) is 10.3 Å². The molecule has 0 spiro atoms. The van der Waals surface area contributed by atoms with Crippen molar-refractivity contribution in [1.82, 2.24) is 4.98 Å². The second-order valence-electron chi connectivity index (χ2n) is 5.85. The lowest BCUT2D eigenvalue weighted by Gasteiger charge is -2.21. The molecule has 0 saturated heterocycles. The summed E-state index contributed by atoms with van der Waals surface area (Å²) in [6, 6.07) is 8.21. The largest absolute Gasteiger partial charge is 0.496 e. The Morgan fingerprint density at radius 1 is 1.22 bits per heavy atom. The number of rotatable bonds is 3. The molecule has 0 bridgehead atoms. The average Bonchev–Trinajstić information content (AvgIpc) is 2.46. The molecule has 0 fully saturated rings.